The van der Waals surface area contributed by atoms with Gasteiger partial charge in [0, 0.05) is 38.8 Å². The molecule has 0 radical (unpaired) electrons. The number of rotatable bonds is 7. The summed E-state index contributed by atoms with van der Waals surface area (Å²) in [6.45, 7) is 5.66. The first-order chi connectivity index (χ1) is 14.0. The second-order valence-corrected chi connectivity index (χ2v) is 7.83. The van der Waals surface area contributed by atoms with Crippen LogP contribution in [-0.2, 0) is 7.05 Å². The molecule has 30 heavy (non-hydrogen) atoms. The number of nitrogens with one attached hydrogen (secondary N) is 1. The Morgan fingerprint density at radius 3 is 2.83 bits per heavy atom. The van der Waals surface area contributed by atoms with Crippen LogP contribution in [0.1, 0.15) is 36.4 Å². The van der Waals surface area contributed by atoms with Crippen LogP contribution in [-0.4, -0.2) is 72.9 Å². The molecule has 2 aromatic rings. The Kier molecular flexibility index (Phi) is 9.41. The third kappa shape index (κ3) is 6.10. The van der Waals surface area contributed by atoms with Gasteiger partial charge in [0.15, 0.2) is 5.96 Å². The third-order valence-corrected chi connectivity index (χ3v) is 5.53. The van der Waals surface area contributed by atoms with Gasteiger partial charge < -0.3 is 19.9 Å². The van der Waals surface area contributed by atoms with Gasteiger partial charge in [-0.3, -0.25) is 9.67 Å². The van der Waals surface area contributed by atoms with E-state index >= 15 is 0 Å². The van der Waals surface area contributed by atoms with Gasteiger partial charge in [-0.1, -0.05) is 12.1 Å². The Bertz CT molecular complexity index is 821. The molecule has 0 saturated carbocycles. The fourth-order valence-corrected chi connectivity index (χ4v) is 3.89. The number of nitrogens with zero attached hydrogens (tertiary/aromatic N) is 5. The van der Waals surface area contributed by atoms with Crippen LogP contribution < -0.4 is 10.1 Å². The topological polar surface area (TPSA) is 57.9 Å². The lowest BCUT2D eigenvalue weighted by Gasteiger charge is -2.26. The number of aromatic nitrogens is 2. The summed E-state index contributed by atoms with van der Waals surface area (Å²) in [5, 5.41) is 7.81. The lowest BCUT2D eigenvalue weighted by Crippen LogP contribution is -2.40. The average Bonchev–Trinajstić information content (AvgIpc) is 3.36. The Hall–Kier alpha value is -1.81. The van der Waals surface area contributed by atoms with E-state index in [0.29, 0.717) is 12.5 Å². The number of methoxy groups -OCH3 is 1. The van der Waals surface area contributed by atoms with Crippen molar-refractivity contribution in [1.82, 2.24) is 24.9 Å². The molecule has 7 nitrogen and oxygen atoms in total. The van der Waals surface area contributed by atoms with E-state index in [4.69, 9.17) is 9.73 Å². The van der Waals surface area contributed by atoms with E-state index in [-0.39, 0.29) is 30.0 Å². The largest absolute Gasteiger partial charge is 0.497 e. The quantitative estimate of drug-likeness (QED) is 0.342. The second-order valence-electron chi connectivity index (χ2n) is 7.83. The number of halogens is 1. The summed E-state index contributed by atoms with van der Waals surface area (Å²) >= 11 is 0. The molecule has 0 aliphatic carbocycles. The first-order valence-corrected chi connectivity index (χ1v) is 10.3. The maximum Gasteiger partial charge on any atom is 0.194 e. The smallest absolute Gasteiger partial charge is 0.194 e. The Morgan fingerprint density at radius 1 is 1.40 bits per heavy atom. The number of hydrogen-bond donors (Lipinski definition) is 1. The minimum atomic E-state index is 0. The summed E-state index contributed by atoms with van der Waals surface area (Å²) in [7, 11) is 7.88. The number of aliphatic imine (C=N–C) groups is 1. The molecule has 1 fully saturated rings. The molecular formula is C22H35IN6O. The molecule has 0 bridgehead atoms. The molecule has 3 rings (SSSR count). The molecule has 1 aliphatic rings. The van der Waals surface area contributed by atoms with Gasteiger partial charge in [0.2, 0.25) is 0 Å². The standard InChI is InChI=1S/C22H34N6O.HI/c1-6-23-22(28-11-10-18(16-28)19-13-25-27(4)15-19)24-14-21(26(2)3)17-8-7-9-20(12-17)29-5;/h7-9,12-13,15,18,21H,6,10-11,14,16H2,1-5H3,(H,23,24);1H. The highest BCUT2D eigenvalue weighted by Gasteiger charge is 2.27. The molecule has 2 atom stereocenters. The van der Waals surface area contributed by atoms with E-state index in [2.05, 4.69) is 59.6 Å². The van der Waals surface area contributed by atoms with E-state index in [9.17, 15) is 0 Å². The van der Waals surface area contributed by atoms with Gasteiger partial charge in [0.25, 0.3) is 0 Å². The van der Waals surface area contributed by atoms with E-state index in [1.54, 1.807) is 7.11 Å². The van der Waals surface area contributed by atoms with E-state index in [1.807, 2.05) is 30.1 Å². The lowest BCUT2D eigenvalue weighted by atomic mass is 10.0. The minimum Gasteiger partial charge on any atom is -0.497 e. The van der Waals surface area contributed by atoms with Crippen LogP contribution in [0.5, 0.6) is 5.75 Å². The van der Waals surface area contributed by atoms with E-state index < -0.39 is 0 Å². The van der Waals surface area contributed by atoms with Gasteiger partial charge >= 0.3 is 0 Å². The van der Waals surface area contributed by atoms with Crippen molar-refractivity contribution in [3.05, 3.63) is 47.8 Å². The number of benzene rings is 1. The molecule has 1 saturated heterocycles. The van der Waals surface area contributed by atoms with Crippen LogP contribution >= 0.6 is 24.0 Å². The highest BCUT2D eigenvalue weighted by molar-refractivity contribution is 14.0. The van der Waals surface area contributed by atoms with Crippen molar-refractivity contribution in [3.63, 3.8) is 0 Å². The fraction of sp³-hybridized carbons (Fsp3) is 0.545. The molecule has 2 heterocycles. The Morgan fingerprint density at radius 2 is 2.20 bits per heavy atom. The highest BCUT2D eigenvalue weighted by Crippen LogP contribution is 2.27. The van der Waals surface area contributed by atoms with Gasteiger partial charge in [0.1, 0.15) is 5.75 Å². The molecule has 166 valence electrons. The molecule has 0 amide bonds. The molecule has 0 spiro atoms. The van der Waals surface area contributed by atoms with Crippen LogP contribution in [0.3, 0.4) is 0 Å². The van der Waals surface area contributed by atoms with E-state index in [0.717, 1.165) is 37.8 Å². The molecule has 1 N–H and O–H groups in total. The number of likely N-dealkylation sites (N-methyl/N-ethyl adjacent to an activating group) is 1. The predicted octanol–water partition coefficient (Wildman–Crippen LogP) is 3.10. The van der Waals surface area contributed by atoms with Gasteiger partial charge in [-0.15, -0.1) is 24.0 Å². The maximum absolute atomic E-state index is 5.40. The summed E-state index contributed by atoms with van der Waals surface area (Å²) in [6.07, 6.45) is 5.25. The van der Waals surface area contributed by atoms with Crippen molar-refractivity contribution in [2.45, 2.75) is 25.3 Å². The van der Waals surface area contributed by atoms with E-state index in [1.165, 1.54) is 11.1 Å². The normalized spacial score (nSPS) is 17.7. The summed E-state index contributed by atoms with van der Waals surface area (Å²) in [6, 6.07) is 8.45. The zero-order chi connectivity index (χ0) is 20.8. The van der Waals surface area contributed by atoms with Crippen LogP contribution in [0.2, 0.25) is 0 Å². The second kappa shape index (κ2) is 11.5. The van der Waals surface area contributed by atoms with Crippen molar-refractivity contribution < 1.29 is 4.74 Å². The highest BCUT2D eigenvalue weighted by atomic mass is 127. The van der Waals surface area contributed by atoms with Crippen molar-refractivity contribution in [3.8, 4) is 5.75 Å². The summed E-state index contributed by atoms with van der Waals surface area (Å²) in [5.74, 6) is 2.38. The van der Waals surface area contributed by atoms with Crippen LogP contribution in [0, 0.1) is 0 Å². The monoisotopic (exact) mass is 526 g/mol. The van der Waals surface area contributed by atoms with Crippen molar-refractivity contribution in [1.29, 1.82) is 0 Å². The SMILES string of the molecule is CCNC(=NCC(c1cccc(OC)c1)N(C)C)N1CCC(c2cnn(C)c2)C1.I. The maximum atomic E-state index is 5.40. The molecule has 8 heteroatoms. The molecule has 1 aromatic heterocycles. The number of aryl methyl sites for hydroxylation is 1. The molecule has 1 aliphatic heterocycles. The molecule has 1 aromatic carbocycles. The molecular weight excluding hydrogens is 491 g/mol. The van der Waals surface area contributed by atoms with Crippen LogP contribution in [0.4, 0.5) is 0 Å². The average molecular weight is 526 g/mol. The minimum absolute atomic E-state index is 0. The summed E-state index contributed by atoms with van der Waals surface area (Å²) in [4.78, 5) is 9.60. The third-order valence-electron chi connectivity index (χ3n) is 5.53. The van der Waals surface area contributed by atoms with Crippen molar-refractivity contribution >= 4 is 29.9 Å². The number of likely N-dealkylation sites (tertiary alicyclic amines) is 1. The van der Waals surface area contributed by atoms with Gasteiger partial charge in [-0.05, 0) is 50.7 Å². The number of hydrogen-bond acceptors (Lipinski definition) is 4. The van der Waals surface area contributed by atoms with Crippen LogP contribution in [0.15, 0.2) is 41.7 Å². The van der Waals surface area contributed by atoms with Gasteiger partial charge in [-0.2, -0.15) is 5.10 Å². The Balaban J connectivity index is 0.00000320. The zero-order valence-electron chi connectivity index (χ0n) is 18.7. The lowest BCUT2D eigenvalue weighted by molar-refractivity contribution is 0.304. The fourth-order valence-electron chi connectivity index (χ4n) is 3.89. The summed E-state index contributed by atoms with van der Waals surface area (Å²) in [5.41, 5.74) is 2.53. The first-order valence-electron chi connectivity index (χ1n) is 10.3. The predicted molar refractivity (Wildman–Crippen MR) is 133 cm³/mol. The first kappa shape index (κ1) is 24.5. The Labute approximate surface area is 197 Å². The van der Waals surface area contributed by atoms with Crippen molar-refractivity contribution in [2.24, 2.45) is 12.0 Å². The molecule has 2 unspecified atom stereocenters. The van der Waals surface area contributed by atoms with Crippen LogP contribution in [0.25, 0.3) is 0 Å². The number of guanidine groups is 1. The number of ether oxygens (including phenoxy) is 1. The zero-order valence-corrected chi connectivity index (χ0v) is 21.0. The summed E-state index contributed by atoms with van der Waals surface area (Å²) < 4.78 is 7.29. The van der Waals surface area contributed by atoms with Crippen molar-refractivity contribution in [2.75, 3.05) is 47.4 Å². The van der Waals surface area contributed by atoms with Gasteiger partial charge in [-0.25, -0.2) is 0 Å². The van der Waals surface area contributed by atoms with Gasteiger partial charge in [0.05, 0.1) is 25.9 Å².